The van der Waals surface area contributed by atoms with Crippen molar-refractivity contribution in [2.24, 2.45) is 0 Å². The normalized spacial score (nSPS) is 17.6. The highest BCUT2D eigenvalue weighted by atomic mass is 15.1. The average Bonchev–Trinajstić information content (AvgIpc) is 2.85. The lowest BCUT2D eigenvalue weighted by molar-refractivity contribution is 0.233. The number of imidazole rings is 1. The summed E-state index contributed by atoms with van der Waals surface area (Å²) in [5, 5.41) is 3.71. The highest BCUT2D eigenvalue weighted by molar-refractivity contribution is 5.75. The molecular formula is C17H26N4. The molecule has 1 N–H and O–H groups in total. The maximum absolute atomic E-state index is 4.82. The summed E-state index contributed by atoms with van der Waals surface area (Å²) < 4.78 is 2.37. The van der Waals surface area contributed by atoms with Gasteiger partial charge in [-0.15, -0.1) is 0 Å². The van der Waals surface area contributed by atoms with E-state index in [2.05, 4.69) is 53.0 Å². The number of hydrogen-bond donors (Lipinski definition) is 1. The maximum atomic E-state index is 4.82. The zero-order valence-corrected chi connectivity index (χ0v) is 13.2. The number of aryl methyl sites for hydroxylation is 1. The van der Waals surface area contributed by atoms with Gasteiger partial charge in [0, 0.05) is 12.6 Å². The number of nitrogens with one attached hydrogen (secondary N) is 1. The van der Waals surface area contributed by atoms with Crippen LogP contribution in [0.2, 0.25) is 0 Å². The molecule has 1 aromatic carbocycles. The summed E-state index contributed by atoms with van der Waals surface area (Å²) in [4.78, 5) is 7.23. The monoisotopic (exact) mass is 286 g/mol. The molecule has 1 fully saturated rings. The fourth-order valence-electron chi connectivity index (χ4n) is 3.18. The number of benzene rings is 1. The van der Waals surface area contributed by atoms with Crippen LogP contribution in [0.5, 0.6) is 0 Å². The molecule has 1 aliphatic heterocycles. The molecule has 0 bridgehead atoms. The molecule has 1 saturated heterocycles. The van der Waals surface area contributed by atoms with E-state index in [1.807, 2.05) is 0 Å². The summed E-state index contributed by atoms with van der Waals surface area (Å²) in [5.41, 5.74) is 2.38. The van der Waals surface area contributed by atoms with Gasteiger partial charge < -0.3 is 14.8 Å². The Bertz CT molecular complexity index is 581. The molecule has 2 heterocycles. The second-order valence-electron chi connectivity index (χ2n) is 6.13. The molecule has 0 spiro atoms. The highest BCUT2D eigenvalue weighted by Gasteiger charge is 2.17. The van der Waals surface area contributed by atoms with Gasteiger partial charge in [0.1, 0.15) is 5.82 Å². The van der Waals surface area contributed by atoms with Crippen LogP contribution in [0, 0.1) is 0 Å². The zero-order valence-electron chi connectivity index (χ0n) is 13.2. The van der Waals surface area contributed by atoms with E-state index in [-0.39, 0.29) is 0 Å². The van der Waals surface area contributed by atoms with Crippen molar-refractivity contribution in [3.63, 3.8) is 0 Å². The van der Waals surface area contributed by atoms with E-state index in [0.29, 0.717) is 6.04 Å². The van der Waals surface area contributed by atoms with Crippen LogP contribution in [0.1, 0.15) is 32.0 Å². The number of hydrogen-bond acceptors (Lipinski definition) is 3. The molecule has 0 unspecified atom stereocenters. The summed E-state index contributed by atoms with van der Waals surface area (Å²) in [6.45, 7) is 6.54. The van der Waals surface area contributed by atoms with Crippen LogP contribution in [-0.4, -0.2) is 40.6 Å². The molecule has 0 radical (unpaired) electrons. The Labute approximate surface area is 127 Å². The lowest BCUT2D eigenvalue weighted by Crippen LogP contribution is -2.40. The molecule has 1 aliphatic rings. The second kappa shape index (κ2) is 6.58. The molecule has 0 aliphatic carbocycles. The van der Waals surface area contributed by atoms with Gasteiger partial charge in [-0.05, 0) is 51.5 Å². The van der Waals surface area contributed by atoms with E-state index in [1.165, 1.54) is 37.3 Å². The van der Waals surface area contributed by atoms with Crippen molar-refractivity contribution in [2.45, 2.75) is 45.3 Å². The van der Waals surface area contributed by atoms with Crippen LogP contribution in [0.15, 0.2) is 24.3 Å². The molecule has 2 aromatic rings. The SMILES string of the molecule is CCCn1c(CNC2CCN(C)CC2)nc2ccccc21. The Kier molecular flexibility index (Phi) is 4.56. The highest BCUT2D eigenvalue weighted by Crippen LogP contribution is 2.17. The number of aromatic nitrogens is 2. The van der Waals surface area contributed by atoms with Crippen LogP contribution >= 0.6 is 0 Å². The molecule has 21 heavy (non-hydrogen) atoms. The van der Waals surface area contributed by atoms with Gasteiger partial charge in [-0.1, -0.05) is 19.1 Å². The third-order valence-corrected chi connectivity index (χ3v) is 4.45. The van der Waals surface area contributed by atoms with E-state index in [4.69, 9.17) is 4.98 Å². The summed E-state index contributed by atoms with van der Waals surface area (Å²) in [7, 11) is 2.21. The predicted octanol–water partition coefficient (Wildman–Crippen LogP) is 2.63. The quantitative estimate of drug-likeness (QED) is 0.917. The maximum Gasteiger partial charge on any atom is 0.123 e. The summed E-state index contributed by atoms with van der Waals surface area (Å²) >= 11 is 0. The van der Waals surface area contributed by atoms with Gasteiger partial charge in [0.2, 0.25) is 0 Å². The Hall–Kier alpha value is -1.39. The van der Waals surface area contributed by atoms with Crippen molar-refractivity contribution in [3.05, 3.63) is 30.1 Å². The standard InChI is InChI=1S/C17H26N4/c1-3-10-21-16-7-5-4-6-15(16)19-17(21)13-18-14-8-11-20(2)12-9-14/h4-7,14,18H,3,8-13H2,1-2H3. The number of nitrogens with zero attached hydrogens (tertiary/aromatic N) is 3. The first-order valence-electron chi connectivity index (χ1n) is 8.14. The third kappa shape index (κ3) is 3.27. The minimum Gasteiger partial charge on any atom is -0.327 e. The Balaban J connectivity index is 1.72. The van der Waals surface area contributed by atoms with Crippen LogP contribution in [-0.2, 0) is 13.1 Å². The first-order chi connectivity index (χ1) is 10.3. The van der Waals surface area contributed by atoms with Gasteiger partial charge in [-0.3, -0.25) is 0 Å². The predicted molar refractivity (Wildman–Crippen MR) is 87.4 cm³/mol. The first-order valence-corrected chi connectivity index (χ1v) is 8.14. The summed E-state index contributed by atoms with van der Waals surface area (Å²) in [6.07, 6.45) is 3.62. The molecule has 0 atom stereocenters. The second-order valence-corrected chi connectivity index (χ2v) is 6.13. The summed E-state index contributed by atoms with van der Waals surface area (Å²) in [6, 6.07) is 9.10. The number of likely N-dealkylation sites (tertiary alicyclic amines) is 1. The average molecular weight is 286 g/mol. The fourth-order valence-corrected chi connectivity index (χ4v) is 3.18. The van der Waals surface area contributed by atoms with Crippen LogP contribution < -0.4 is 5.32 Å². The number of para-hydroxylation sites is 2. The minimum absolute atomic E-state index is 0.635. The molecule has 3 rings (SSSR count). The van der Waals surface area contributed by atoms with E-state index in [1.54, 1.807) is 0 Å². The van der Waals surface area contributed by atoms with Crippen molar-refractivity contribution in [3.8, 4) is 0 Å². The van der Waals surface area contributed by atoms with E-state index < -0.39 is 0 Å². The van der Waals surface area contributed by atoms with Crippen LogP contribution in [0.4, 0.5) is 0 Å². The molecular weight excluding hydrogens is 260 g/mol. The lowest BCUT2D eigenvalue weighted by atomic mass is 10.1. The molecule has 114 valence electrons. The van der Waals surface area contributed by atoms with Gasteiger partial charge in [0.15, 0.2) is 0 Å². The number of rotatable bonds is 5. The topological polar surface area (TPSA) is 33.1 Å². The van der Waals surface area contributed by atoms with Crippen molar-refractivity contribution in [1.29, 1.82) is 0 Å². The fraction of sp³-hybridized carbons (Fsp3) is 0.588. The third-order valence-electron chi connectivity index (χ3n) is 4.45. The Morgan fingerprint density at radius 1 is 1.24 bits per heavy atom. The van der Waals surface area contributed by atoms with Gasteiger partial charge in [0.05, 0.1) is 17.6 Å². The first kappa shape index (κ1) is 14.5. The molecule has 0 saturated carbocycles. The lowest BCUT2D eigenvalue weighted by Gasteiger charge is -2.29. The molecule has 1 aromatic heterocycles. The van der Waals surface area contributed by atoms with Gasteiger partial charge in [-0.25, -0.2) is 4.98 Å². The van der Waals surface area contributed by atoms with Crippen molar-refractivity contribution in [1.82, 2.24) is 19.8 Å². The van der Waals surface area contributed by atoms with Gasteiger partial charge >= 0.3 is 0 Å². The van der Waals surface area contributed by atoms with Gasteiger partial charge in [-0.2, -0.15) is 0 Å². The minimum atomic E-state index is 0.635. The Morgan fingerprint density at radius 2 is 2.00 bits per heavy atom. The molecule has 0 amide bonds. The summed E-state index contributed by atoms with van der Waals surface area (Å²) in [5.74, 6) is 1.18. The van der Waals surface area contributed by atoms with Crippen molar-refractivity contribution < 1.29 is 0 Å². The van der Waals surface area contributed by atoms with Crippen molar-refractivity contribution >= 4 is 11.0 Å². The van der Waals surface area contributed by atoms with Crippen molar-refractivity contribution in [2.75, 3.05) is 20.1 Å². The van der Waals surface area contributed by atoms with E-state index in [0.717, 1.165) is 25.0 Å². The van der Waals surface area contributed by atoms with Gasteiger partial charge in [0.25, 0.3) is 0 Å². The number of piperidine rings is 1. The van der Waals surface area contributed by atoms with E-state index >= 15 is 0 Å². The van der Waals surface area contributed by atoms with E-state index in [9.17, 15) is 0 Å². The molecule has 4 nitrogen and oxygen atoms in total. The zero-order chi connectivity index (χ0) is 14.7. The van der Waals surface area contributed by atoms with Crippen LogP contribution in [0.25, 0.3) is 11.0 Å². The largest absolute Gasteiger partial charge is 0.327 e. The smallest absolute Gasteiger partial charge is 0.123 e. The molecule has 4 heteroatoms. The Morgan fingerprint density at radius 3 is 2.76 bits per heavy atom. The van der Waals surface area contributed by atoms with Crippen LogP contribution in [0.3, 0.4) is 0 Å². The number of fused-ring (bicyclic) bond motifs is 1.